The molecule has 1 fully saturated rings. The topological polar surface area (TPSA) is 130 Å². The predicted molar refractivity (Wildman–Crippen MR) is 156 cm³/mol. The van der Waals surface area contributed by atoms with Crippen LogP contribution in [0.25, 0.3) is 44.7 Å². The van der Waals surface area contributed by atoms with Gasteiger partial charge in [0, 0.05) is 22.7 Å². The van der Waals surface area contributed by atoms with E-state index in [2.05, 4.69) is 9.88 Å². The summed E-state index contributed by atoms with van der Waals surface area (Å²) in [6.07, 6.45) is 6.14. The summed E-state index contributed by atoms with van der Waals surface area (Å²) in [5, 5.41) is 21.6. The molecule has 9 nitrogen and oxygen atoms in total. The molecule has 1 saturated carbocycles. The molecule has 208 valence electrons. The number of aliphatic carboxylic acids is 1. The number of carboxylic acids is 1. The zero-order valence-corrected chi connectivity index (χ0v) is 22.7. The summed E-state index contributed by atoms with van der Waals surface area (Å²) in [7, 11) is 0. The number of nitrogens with zero attached hydrogens (tertiary/aromatic N) is 4. The zero-order chi connectivity index (χ0) is 28.5. The summed E-state index contributed by atoms with van der Waals surface area (Å²) in [5.41, 5.74) is 6.13. The van der Waals surface area contributed by atoms with E-state index in [1.165, 1.54) is 13.3 Å². The minimum atomic E-state index is -1.41. The number of aromatic nitrogens is 4. The van der Waals surface area contributed by atoms with Crippen LogP contribution in [0.15, 0.2) is 72.9 Å². The van der Waals surface area contributed by atoms with Crippen LogP contribution >= 0.6 is 0 Å². The predicted octanol–water partition coefficient (Wildman–Crippen LogP) is 5.38. The van der Waals surface area contributed by atoms with Crippen molar-refractivity contribution in [1.29, 1.82) is 0 Å². The molecule has 3 aromatic carbocycles. The van der Waals surface area contributed by atoms with Crippen molar-refractivity contribution in [2.75, 3.05) is 0 Å². The van der Waals surface area contributed by atoms with Gasteiger partial charge >= 0.3 is 5.97 Å². The molecule has 1 aliphatic rings. The number of hydrogen-bond acceptors (Lipinski definition) is 6. The van der Waals surface area contributed by atoms with Crippen LogP contribution in [-0.4, -0.2) is 53.8 Å². The van der Waals surface area contributed by atoms with E-state index >= 15 is 0 Å². The van der Waals surface area contributed by atoms with E-state index in [1.807, 2.05) is 54.6 Å². The van der Waals surface area contributed by atoms with Crippen molar-refractivity contribution in [1.82, 2.24) is 24.8 Å². The van der Waals surface area contributed by atoms with Crippen molar-refractivity contribution >= 4 is 33.9 Å². The molecular weight excluding hydrogens is 518 g/mol. The summed E-state index contributed by atoms with van der Waals surface area (Å²) in [6.45, 7) is 1.33. The smallest absolute Gasteiger partial charge is 0.328 e. The molecule has 6 rings (SSSR count). The quantitative estimate of drug-likeness (QED) is 0.248. The number of carbonyl (C=O) groups is 2. The third kappa shape index (κ3) is 5.28. The molecule has 0 saturated heterocycles. The number of fused-ring (bicyclic) bond motifs is 2. The van der Waals surface area contributed by atoms with Gasteiger partial charge in [0.15, 0.2) is 6.04 Å². The number of aliphatic hydroxyl groups is 1. The van der Waals surface area contributed by atoms with Gasteiger partial charge in [0.1, 0.15) is 5.82 Å². The van der Waals surface area contributed by atoms with Crippen LogP contribution in [0.3, 0.4) is 0 Å². The number of carboxylic acid groups (broad SMARTS) is 1. The van der Waals surface area contributed by atoms with Gasteiger partial charge in [-0.1, -0.05) is 49.6 Å². The second kappa shape index (κ2) is 11.1. The highest BCUT2D eigenvalue weighted by molar-refractivity contribution is 5.99. The fourth-order valence-electron chi connectivity index (χ4n) is 5.66. The van der Waals surface area contributed by atoms with E-state index in [4.69, 9.17) is 15.0 Å². The van der Waals surface area contributed by atoms with Gasteiger partial charge in [-0.2, -0.15) is 0 Å². The third-order valence-corrected chi connectivity index (χ3v) is 7.80. The second-order valence-corrected chi connectivity index (χ2v) is 10.7. The Morgan fingerprint density at radius 2 is 1.68 bits per heavy atom. The van der Waals surface area contributed by atoms with E-state index in [0.717, 1.165) is 64.9 Å². The monoisotopic (exact) mass is 549 g/mol. The first kappa shape index (κ1) is 26.6. The zero-order valence-electron chi connectivity index (χ0n) is 22.7. The summed E-state index contributed by atoms with van der Waals surface area (Å²) in [6, 6.07) is 20.0. The molecule has 2 aromatic heterocycles. The number of carbonyl (C=O) groups excluding carboxylic acids is 1. The van der Waals surface area contributed by atoms with Gasteiger partial charge < -0.3 is 20.1 Å². The molecule has 0 aliphatic heterocycles. The van der Waals surface area contributed by atoms with Crippen LogP contribution in [-0.2, 0) is 4.79 Å². The lowest BCUT2D eigenvalue weighted by Crippen LogP contribution is -2.47. The average Bonchev–Trinajstić information content (AvgIpc) is 3.38. The Balaban J connectivity index is 1.41. The first-order valence-corrected chi connectivity index (χ1v) is 14.0. The first-order chi connectivity index (χ1) is 19.9. The van der Waals surface area contributed by atoms with Gasteiger partial charge in [-0.3, -0.25) is 9.78 Å². The van der Waals surface area contributed by atoms with Crippen LogP contribution in [0.2, 0.25) is 0 Å². The number of nitrogens with one attached hydrogen (secondary N) is 1. The highest BCUT2D eigenvalue weighted by Gasteiger charge is 2.27. The molecule has 2 heterocycles. The Labute approximate surface area is 236 Å². The van der Waals surface area contributed by atoms with E-state index in [-0.39, 0.29) is 11.6 Å². The normalized spacial score (nSPS) is 15.6. The SMILES string of the molecule is C[C@@H](O)C(NC(=O)c1ccc2c(c1)nc(-c1ccc3nc(-c4ccccc4)cnc3c1)n2C1CCCCC1)C(=O)O. The Morgan fingerprint density at radius 3 is 2.41 bits per heavy atom. The lowest BCUT2D eigenvalue weighted by atomic mass is 9.94. The molecule has 3 N–H and O–H groups in total. The van der Waals surface area contributed by atoms with E-state index in [1.54, 1.807) is 18.3 Å². The minimum Gasteiger partial charge on any atom is -0.480 e. The molecular formula is C32H31N5O4. The summed E-state index contributed by atoms with van der Waals surface area (Å²) in [5.74, 6) is -1.08. The van der Waals surface area contributed by atoms with Gasteiger partial charge in [0.2, 0.25) is 0 Å². The average molecular weight is 550 g/mol. The third-order valence-electron chi connectivity index (χ3n) is 7.80. The largest absolute Gasteiger partial charge is 0.480 e. The fraction of sp³-hybridized carbons (Fsp3) is 0.281. The lowest BCUT2D eigenvalue weighted by Gasteiger charge is -2.25. The van der Waals surface area contributed by atoms with Gasteiger partial charge in [0.25, 0.3) is 5.91 Å². The van der Waals surface area contributed by atoms with Crippen LogP contribution in [0.4, 0.5) is 0 Å². The molecule has 1 aliphatic carbocycles. The molecule has 1 amide bonds. The summed E-state index contributed by atoms with van der Waals surface area (Å²) < 4.78 is 2.28. The molecule has 9 heteroatoms. The second-order valence-electron chi connectivity index (χ2n) is 10.7. The van der Waals surface area contributed by atoms with Gasteiger partial charge in [0.05, 0.1) is 40.1 Å². The first-order valence-electron chi connectivity index (χ1n) is 14.0. The molecule has 0 radical (unpaired) electrons. The van der Waals surface area contributed by atoms with Crippen molar-refractivity contribution in [3.05, 3.63) is 78.5 Å². The van der Waals surface area contributed by atoms with Gasteiger partial charge in [-0.15, -0.1) is 0 Å². The maximum atomic E-state index is 12.9. The Bertz CT molecular complexity index is 1740. The molecule has 5 aromatic rings. The molecule has 1 unspecified atom stereocenters. The molecule has 0 spiro atoms. The standard InChI is InChI=1S/C32H31N5O4/c1-19(38)29(32(40)41)36-31(39)22-13-15-28-26(17-22)35-30(37(28)23-10-6-3-7-11-23)21-12-14-24-25(16-21)33-18-27(34-24)20-8-4-2-5-9-20/h2,4-5,8-9,12-19,23,29,38H,3,6-7,10-11H2,1H3,(H,36,39)(H,40,41)/t19-,29?/m1/s1. The van der Waals surface area contributed by atoms with Crippen LogP contribution < -0.4 is 5.32 Å². The van der Waals surface area contributed by atoms with Crippen molar-refractivity contribution in [3.8, 4) is 22.6 Å². The molecule has 2 atom stereocenters. The number of rotatable bonds is 7. The van der Waals surface area contributed by atoms with E-state index < -0.39 is 24.0 Å². The Kier molecular flexibility index (Phi) is 7.19. The van der Waals surface area contributed by atoms with E-state index in [0.29, 0.717) is 5.52 Å². The maximum absolute atomic E-state index is 12.9. The Hall–Kier alpha value is -4.63. The van der Waals surface area contributed by atoms with Gasteiger partial charge in [-0.05, 0) is 56.2 Å². The highest BCUT2D eigenvalue weighted by atomic mass is 16.4. The minimum absolute atomic E-state index is 0.275. The van der Waals surface area contributed by atoms with Gasteiger partial charge in [-0.25, -0.2) is 14.8 Å². The molecule has 41 heavy (non-hydrogen) atoms. The number of benzene rings is 3. The summed E-state index contributed by atoms with van der Waals surface area (Å²) >= 11 is 0. The van der Waals surface area contributed by atoms with E-state index in [9.17, 15) is 19.8 Å². The van der Waals surface area contributed by atoms with Crippen LogP contribution in [0, 0.1) is 0 Å². The van der Waals surface area contributed by atoms with Crippen LogP contribution in [0.1, 0.15) is 55.4 Å². The number of aliphatic hydroxyl groups excluding tert-OH is 1. The van der Waals surface area contributed by atoms with Crippen LogP contribution in [0.5, 0.6) is 0 Å². The fourth-order valence-corrected chi connectivity index (χ4v) is 5.66. The maximum Gasteiger partial charge on any atom is 0.328 e. The summed E-state index contributed by atoms with van der Waals surface area (Å²) in [4.78, 5) is 38.9. The number of hydrogen-bond donors (Lipinski definition) is 3. The van der Waals surface area contributed by atoms with Crippen molar-refractivity contribution < 1.29 is 19.8 Å². The molecule has 0 bridgehead atoms. The van der Waals surface area contributed by atoms with Crippen molar-refractivity contribution in [2.24, 2.45) is 0 Å². The van der Waals surface area contributed by atoms with Crippen molar-refractivity contribution in [3.63, 3.8) is 0 Å². The highest BCUT2D eigenvalue weighted by Crippen LogP contribution is 2.37. The van der Waals surface area contributed by atoms with Crippen molar-refractivity contribution in [2.45, 2.75) is 57.2 Å². The lowest BCUT2D eigenvalue weighted by molar-refractivity contribution is -0.141. The number of imidazole rings is 1. The number of amides is 1. The Morgan fingerprint density at radius 1 is 0.902 bits per heavy atom.